The van der Waals surface area contributed by atoms with Crippen LogP contribution in [0.5, 0.6) is 0 Å². The topological polar surface area (TPSA) is 3.24 Å². The van der Waals surface area contributed by atoms with Crippen molar-refractivity contribution in [3.05, 3.63) is 59.7 Å². The summed E-state index contributed by atoms with van der Waals surface area (Å²) in [6, 6.07) is 18.3. The van der Waals surface area contributed by atoms with Gasteiger partial charge in [-0.05, 0) is 37.3 Å². The van der Waals surface area contributed by atoms with Gasteiger partial charge in [0.1, 0.15) is 0 Å². The van der Waals surface area contributed by atoms with Gasteiger partial charge in [-0.2, -0.15) is 0 Å². The molecule has 1 heterocycles. The first-order valence-electron chi connectivity index (χ1n) is 7.42. The second kappa shape index (κ2) is 6.08. The van der Waals surface area contributed by atoms with Gasteiger partial charge >= 0.3 is 0 Å². The largest absolute Gasteiger partial charge is 0.275 e. The van der Waals surface area contributed by atoms with Crippen molar-refractivity contribution in [3.8, 4) is 0 Å². The molecule has 2 aromatic rings. The number of hydrogen-bond donors (Lipinski definition) is 0. The van der Waals surface area contributed by atoms with Crippen LogP contribution in [0.4, 0.5) is 0 Å². The Morgan fingerprint density at radius 3 is 1.50 bits per heavy atom. The van der Waals surface area contributed by atoms with Crippen molar-refractivity contribution in [1.29, 1.82) is 0 Å². The summed E-state index contributed by atoms with van der Waals surface area (Å²) in [5.41, 5.74) is 2.68. The Morgan fingerprint density at radius 2 is 1.10 bits per heavy atom. The average molecular weight is 283 g/mol. The maximum atomic E-state index is 2.69. The molecule has 1 aliphatic heterocycles. The molecule has 0 bridgehead atoms. The van der Waals surface area contributed by atoms with Gasteiger partial charge in [0.05, 0.1) is 0 Å². The third-order valence-electron chi connectivity index (χ3n) is 3.92. The van der Waals surface area contributed by atoms with Crippen LogP contribution in [0.15, 0.2) is 48.5 Å². The Hall–Kier alpha value is -1.17. The summed E-state index contributed by atoms with van der Waals surface area (Å²) in [5.74, 6) is 0. The lowest BCUT2D eigenvalue weighted by atomic mass is 10.2. The van der Waals surface area contributed by atoms with Crippen LogP contribution in [0.3, 0.4) is 0 Å². The smallest absolute Gasteiger partial charge is 0.0281 e. The molecule has 1 aliphatic rings. The summed E-state index contributed by atoms with van der Waals surface area (Å²) in [6.07, 6.45) is 2.69. The zero-order valence-electron chi connectivity index (χ0n) is 12.3. The van der Waals surface area contributed by atoms with Crippen molar-refractivity contribution in [2.24, 2.45) is 0 Å². The van der Waals surface area contributed by atoms with Gasteiger partial charge in [0.2, 0.25) is 0 Å². The van der Waals surface area contributed by atoms with Crippen LogP contribution in [0.2, 0.25) is 0 Å². The van der Waals surface area contributed by atoms with Crippen molar-refractivity contribution < 1.29 is 0 Å². The van der Waals surface area contributed by atoms with Crippen LogP contribution in [0.25, 0.3) is 0 Å². The van der Waals surface area contributed by atoms with E-state index in [-0.39, 0.29) is 8.07 Å². The highest BCUT2D eigenvalue weighted by atomic mass is 31.1. The van der Waals surface area contributed by atoms with E-state index in [1.807, 2.05) is 0 Å². The van der Waals surface area contributed by atoms with Gasteiger partial charge < -0.3 is 0 Å². The van der Waals surface area contributed by atoms with Gasteiger partial charge in [-0.1, -0.05) is 59.7 Å². The predicted octanol–water partition coefficient (Wildman–Crippen LogP) is 3.75. The minimum Gasteiger partial charge on any atom is -0.275 e. The predicted molar refractivity (Wildman–Crippen MR) is 89.4 cm³/mol. The lowest BCUT2D eigenvalue weighted by Gasteiger charge is -2.28. The second-order valence-corrected chi connectivity index (χ2v) is 7.87. The monoisotopic (exact) mass is 283 g/mol. The summed E-state index contributed by atoms with van der Waals surface area (Å²) in [5, 5.41) is 2.97. The zero-order valence-corrected chi connectivity index (χ0v) is 13.2. The standard InChI is InChI=1S/C18H22NP/c1-15-5-9-17(10-6-15)20(19-13-3-4-14-19)18-11-7-16(2)8-12-18/h5-12H,3-4,13-14H2,1-2H3. The fraction of sp³-hybridized carbons (Fsp3) is 0.333. The number of hydrogen-bond acceptors (Lipinski definition) is 1. The van der Waals surface area contributed by atoms with Crippen molar-refractivity contribution in [3.63, 3.8) is 0 Å². The number of nitrogens with zero attached hydrogens (tertiary/aromatic N) is 1. The highest BCUT2D eigenvalue weighted by Gasteiger charge is 2.24. The first-order chi connectivity index (χ1) is 9.74. The molecule has 0 unspecified atom stereocenters. The van der Waals surface area contributed by atoms with E-state index in [1.165, 1.54) is 47.7 Å². The molecule has 0 N–H and O–H groups in total. The molecule has 1 saturated heterocycles. The Labute approximate surface area is 123 Å². The van der Waals surface area contributed by atoms with Gasteiger partial charge in [0, 0.05) is 21.2 Å². The highest BCUT2D eigenvalue weighted by molar-refractivity contribution is 7.70. The van der Waals surface area contributed by atoms with Crippen molar-refractivity contribution >= 4 is 18.7 Å². The van der Waals surface area contributed by atoms with Gasteiger partial charge in [-0.25, -0.2) is 0 Å². The molecule has 104 valence electrons. The quantitative estimate of drug-likeness (QED) is 0.776. The third kappa shape index (κ3) is 2.95. The molecule has 0 spiro atoms. The fourth-order valence-electron chi connectivity index (χ4n) is 2.75. The van der Waals surface area contributed by atoms with Crippen molar-refractivity contribution in [2.45, 2.75) is 26.7 Å². The first kappa shape index (κ1) is 13.8. The Morgan fingerprint density at radius 1 is 0.700 bits per heavy atom. The SMILES string of the molecule is Cc1ccc(P(c2ccc(C)cc2)N2CCCC2)cc1. The van der Waals surface area contributed by atoms with Crippen LogP contribution >= 0.6 is 8.07 Å². The highest BCUT2D eigenvalue weighted by Crippen LogP contribution is 2.40. The molecular weight excluding hydrogens is 261 g/mol. The van der Waals surface area contributed by atoms with Crippen LogP contribution < -0.4 is 10.6 Å². The van der Waals surface area contributed by atoms with E-state index in [1.54, 1.807) is 0 Å². The normalized spacial score (nSPS) is 15.9. The van der Waals surface area contributed by atoms with E-state index in [0.717, 1.165) is 0 Å². The lowest BCUT2D eigenvalue weighted by molar-refractivity contribution is 0.575. The Balaban J connectivity index is 1.98. The summed E-state index contributed by atoms with van der Waals surface area (Å²) in [6.45, 7) is 6.81. The molecule has 0 aliphatic carbocycles. The van der Waals surface area contributed by atoms with E-state index < -0.39 is 0 Å². The fourth-order valence-corrected chi connectivity index (χ4v) is 5.25. The van der Waals surface area contributed by atoms with Gasteiger partial charge in [-0.3, -0.25) is 4.67 Å². The first-order valence-corrected chi connectivity index (χ1v) is 8.72. The van der Waals surface area contributed by atoms with E-state index in [2.05, 4.69) is 67.0 Å². The van der Waals surface area contributed by atoms with Crippen LogP contribution in [0.1, 0.15) is 24.0 Å². The van der Waals surface area contributed by atoms with Crippen molar-refractivity contribution in [1.82, 2.24) is 4.67 Å². The molecule has 0 amide bonds. The van der Waals surface area contributed by atoms with Crippen LogP contribution in [-0.4, -0.2) is 17.8 Å². The molecule has 0 radical (unpaired) electrons. The summed E-state index contributed by atoms with van der Waals surface area (Å²) in [7, 11) is -0.343. The third-order valence-corrected chi connectivity index (χ3v) is 6.46. The van der Waals surface area contributed by atoms with E-state index in [4.69, 9.17) is 0 Å². The zero-order chi connectivity index (χ0) is 13.9. The Kier molecular flexibility index (Phi) is 4.19. The number of aryl methyl sites for hydroxylation is 2. The molecule has 0 saturated carbocycles. The minimum absolute atomic E-state index is 0.343. The molecule has 2 aromatic carbocycles. The van der Waals surface area contributed by atoms with Gasteiger partial charge in [0.25, 0.3) is 0 Å². The molecule has 20 heavy (non-hydrogen) atoms. The van der Waals surface area contributed by atoms with Gasteiger partial charge in [0.15, 0.2) is 0 Å². The van der Waals surface area contributed by atoms with Crippen molar-refractivity contribution in [2.75, 3.05) is 13.1 Å². The molecule has 3 rings (SSSR count). The maximum absolute atomic E-state index is 2.69. The number of rotatable bonds is 3. The molecule has 0 aromatic heterocycles. The molecule has 1 nitrogen and oxygen atoms in total. The Bertz CT molecular complexity index is 507. The molecular formula is C18H22NP. The molecule has 2 heteroatoms. The minimum atomic E-state index is -0.343. The summed E-state index contributed by atoms with van der Waals surface area (Å²) in [4.78, 5) is 0. The van der Waals surface area contributed by atoms with Crippen LogP contribution in [-0.2, 0) is 0 Å². The lowest BCUT2D eigenvalue weighted by Crippen LogP contribution is -2.26. The van der Waals surface area contributed by atoms with E-state index >= 15 is 0 Å². The van der Waals surface area contributed by atoms with E-state index in [9.17, 15) is 0 Å². The van der Waals surface area contributed by atoms with E-state index in [0.29, 0.717) is 0 Å². The van der Waals surface area contributed by atoms with Crippen LogP contribution in [0, 0.1) is 13.8 Å². The summed E-state index contributed by atoms with van der Waals surface area (Å²) < 4.78 is 2.69. The number of benzene rings is 2. The molecule has 0 atom stereocenters. The average Bonchev–Trinajstić information content (AvgIpc) is 2.97. The maximum Gasteiger partial charge on any atom is 0.0281 e. The molecule has 1 fully saturated rings. The van der Waals surface area contributed by atoms with Gasteiger partial charge in [-0.15, -0.1) is 0 Å². The summed E-state index contributed by atoms with van der Waals surface area (Å²) >= 11 is 0. The second-order valence-electron chi connectivity index (χ2n) is 5.64.